The molecule has 5 heteroatoms. The second-order valence-corrected chi connectivity index (χ2v) is 6.24. The van der Waals surface area contributed by atoms with Gasteiger partial charge in [-0.2, -0.15) is 0 Å². The van der Waals surface area contributed by atoms with Gasteiger partial charge >= 0.3 is 0 Å². The van der Waals surface area contributed by atoms with E-state index < -0.39 is 0 Å². The minimum Gasteiger partial charge on any atom is -0.352 e. The minimum absolute atomic E-state index is 0. The molecule has 0 saturated heterocycles. The fourth-order valence-corrected chi connectivity index (χ4v) is 2.90. The van der Waals surface area contributed by atoms with Gasteiger partial charge in [0.15, 0.2) is 0 Å². The van der Waals surface area contributed by atoms with E-state index in [2.05, 4.69) is 5.32 Å². The van der Waals surface area contributed by atoms with Gasteiger partial charge in [-0.25, -0.2) is 4.39 Å². The smallest absolute Gasteiger partial charge is 0.224 e. The summed E-state index contributed by atoms with van der Waals surface area (Å²) in [5.74, 6) is -0.398. The van der Waals surface area contributed by atoms with Crippen molar-refractivity contribution in [1.82, 2.24) is 5.32 Å². The van der Waals surface area contributed by atoms with Crippen molar-refractivity contribution < 1.29 is 9.18 Å². The third-order valence-electron chi connectivity index (χ3n) is 4.53. The second-order valence-electron chi connectivity index (χ2n) is 6.24. The number of nitrogens with two attached hydrogens (primary N) is 1. The molecule has 0 radical (unpaired) electrons. The molecular weight excluding hydrogens is 327 g/mol. The highest BCUT2D eigenvalue weighted by molar-refractivity contribution is 5.85. The highest BCUT2D eigenvalue weighted by Gasteiger charge is 2.40. The average Bonchev–Trinajstić information content (AvgIpc) is 3.33. The van der Waals surface area contributed by atoms with E-state index in [1.807, 2.05) is 43.3 Å². The summed E-state index contributed by atoms with van der Waals surface area (Å²) >= 11 is 0. The first-order valence-electron chi connectivity index (χ1n) is 7.92. The maximum absolute atomic E-state index is 13.3. The zero-order valence-electron chi connectivity index (χ0n) is 13.5. The summed E-state index contributed by atoms with van der Waals surface area (Å²) in [5.41, 5.74) is 8.08. The van der Waals surface area contributed by atoms with E-state index in [-0.39, 0.29) is 48.1 Å². The molecule has 2 aromatic rings. The lowest BCUT2D eigenvalue weighted by atomic mass is 9.94. The predicted molar refractivity (Wildman–Crippen MR) is 95.5 cm³/mol. The summed E-state index contributed by atoms with van der Waals surface area (Å²) in [7, 11) is 0. The van der Waals surface area contributed by atoms with Crippen molar-refractivity contribution in [2.75, 3.05) is 0 Å². The third-order valence-corrected chi connectivity index (χ3v) is 4.53. The molecule has 3 N–H and O–H groups in total. The summed E-state index contributed by atoms with van der Waals surface area (Å²) in [5, 5.41) is 3.03. The Kier molecular flexibility index (Phi) is 5.97. The number of carbonyl (C=O) groups is 1. The third kappa shape index (κ3) is 4.13. The van der Waals surface area contributed by atoms with Gasteiger partial charge in [-0.1, -0.05) is 49.4 Å². The molecule has 1 saturated carbocycles. The van der Waals surface area contributed by atoms with Crippen LogP contribution in [0.4, 0.5) is 4.39 Å². The summed E-state index contributed by atoms with van der Waals surface area (Å²) in [6.07, 6.45) is 0.850. The molecule has 1 aliphatic carbocycles. The van der Waals surface area contributed by atoms with Crippen LogP contribution in [0.25, 0.3) is 0 Å². The fourth-order valence-electron chi connectivity index (χ4n) is 2.90. The van der Waals surface area contributed by atoms with Gasteiger partial charge in [0, 0.05) is 18.0 Å². The van der Waals surface area contributed by atoms with E-state index in [9.17, 15) is 9.18 Å². The largest absolute Gasteiger partial charge is 0.352 e. The lowest BCUT2D eigenvalue weighted by Crippen LogP contribution is -2.37. The van der Waals surface area contributed by atoms with Gasteiger partial charge in [-0.05, 0) is 29.7 Å². The SMILES string of the molecule is CC(C(=O)NC1CC1c1cccc(F)c1)C(N)c1ccccc1.Cl. The number of halogens is 2. The molecule has 4 atom stereocenters. The first kappa shape index (κ1) is 18.4. The first-order valence-corrected chi connectivity index (χ1v) is 7.92. The molecule has 3 nitrogen and oxygen atoms in total. The normalized spacial score (nSPS) is 21.3. The number of hydrogen-bond donors (Lipinski definition) is 2. The highest BCUT2D eigenvalue weighted by Crippen LogP contribution is 2.41. The van der Waals surface area contributed by atoms with Crippen molar-refractivity contribution in [3.05, 3.63) is 71.5 Å². The molecule has 24 heavy (non-hydrogen) atoms. The van der Waals surface area contributed by atoms with Gasteiger partial charge in [-0.3, -0.25) is 4.79 Å². The molecular formula is C19H22ClFN2O. The molecule has 0 aliphatic heterocycles. The number of benzene rings is 2. The molecule has 3 rings (SSSR count). The quantitative estimate of drug-likeness (QED) is 0.868. The Labute approximate surface area is 147 Å². The summed E-state index contributed by atoms with van der Waals surface area (Å²) in [4.78, 5) is 12.4. The Morgan fingerprint density at radius 1 is 1.21 bits per heavy atom. The van der Waals surface area contributed by atoms with Crippen LogP contribution in [0, 0.1) is 11.7 Å². The Morgan fingerprint density at radius 3 is 2.58 bits per heavy atom. The molecule has 0 heterocycles. The maximum Gasteiger partial charge on any atom is 0.224 e. The minimum atomic E-state index is -0.331. The van der Waals surface area contributed by atoms with Crippen LogP contribution in [0.2, 0.25) is 0 Å². The maximum atomic E-state index is 13.3. The molecule has 1 aliphatic rings. The molecule has 0 aromatic heterocycles. The van der Waals surface area contributed by atoms with Gasteiger partial charge in [0.25, 0.3) is 0 Å². The molecule has 0 bridgehead atoms. The standard InChI is InChI=1S/C19H21FN2O.ClH/c1-12(18(21)13-6-3-2-4-7-13)19(23)22-17-11-16(17)14-8-5-9-15(20)10-14;/h2-10,12,16-18H,11,21H2,1H3,(H,22,23);1H. The highest BCUT2D eigenvalue weighted by atomic mass is 35.5. The van der Waals surface area contributed by atoms with Crippen molar-refractivity contribution in [3.8, 4) is 0 Å². The lowest BCUT2D eigenvalue weighted by Gasteiger charge is -2.20. The molecule has 0 spiro atoms. The van der Waals surface area contributed by atoms with Crippen molar-refractivity contribution in [3.63, 3.8) is 0 Å². The van der Waals surface area contributed by atoms with Crippen LogP contribution in [-0.2, 0) is 4.79 Å². The van der Waals surface area contributed by atoms with Crippen LogP contribution in [0.5, 0.6) is 0 Å². The van der Waals surface area contributed by atoms with Gasteiger partial charge in [-0.15, -0.1) is 12.4 Å². The number of rotatable bonds is 5. The summed E-state index contributed by atoms with van der Waals surface area (Å²) in [6.45, 7) is 1.84. The van der Waals surface area contributed by atoms with Crippen LogP contribution in [-0.4, -0.2) is 11.9 Å². The van der Waals surface area contributed by atoms with Crippen LogP contribution >= 0.6 is 12.4 Å². The van der Waals surface area contributed by atoms with Crippen molar-refractivity contribution in [2.24, 2.45) is 11.7 Å². The van der Waals surface area contributed by atoms with E-state index in [4.69, 9.17) is 5.73 Å². The van der Waals surface area contributed by atoms with E-state index in [0.717, 1.165) is 17.5 Å². The zero-order valence-corrected chi connectivity index (χ0v) is 14.3. The number of nitrogens with one attached hydrogen (secondary N) is 1. The summed E-state index contributed by atoms with van der Waals surface area (Å²) < 4.78 is 13.3. The van der Waals surface area contributed by atoms with Gasteiger partial charge < -0.3 is 11.1 Å². The van der Waals surface area contributed by atoms with E-state index in [1.54, 1.807) is 6.07 Å². The van der Waals surface area contributed by atoms with Crippen LogP contribution in [0.1, 0.15) is 36.4 Å². The summed E-state index contributed by atoms with van der Waals surface area (Å²) in [6, 6.07) is 15.9. The molecule has 4 unspecified atom stereocenters. The Hall–Kier alpha value is -1.91. The Balaban J connectivity index is 0.00000208. The first-order chi connectivity index (χ1) is 11.1. The molecule has 2 aromatic carbocycles. The monoisotopic (exact) mass is 348 g/mol. The van der Waals surface area contributed by atoms with E-state index in [1.165, 1.54) is 12.1 Å². The molecule has 1 fully saturated rings. The van der Waals surface area contributed by atoms with Gasteiger partial charge in [0.1, 0.15) is 5.82 Å². The average molecular weight is 349 g/mol. The number of hydrogen-bond acceptors (Lipinski definition) is 2. The van der Waals surface area contributed by atoms with Crippen LogP contribution in [0.3, 0.4) is 0 Å². The van der Waals surface area contributed by atoms with Crippen molar-refractivity contribution in [2.45, 2.75) is 31.3 Å². The van der Waals surface area contributed by atoms with Gasteiger partial charge in [0.05, 0.1) is 5.92 Å². The van der Waals surface area contributed by atoms with E-state index >= 15 is 0 Å². The van der Waals surface area contributed by atoms with E-state index in [0.29, 0.717) is 0 Å². The second kappa shape index (κ2) is 7.77. The molecule has 1 amide bonds. The lowest BCUT2D eigenvalue weighted by molar-refractivity contribution is -0.125. The molecule has 128 valence electrons. The predicted octanol–water partition coefficient (Wildman–Crippen LogP) is 3.56. The number of carbonyl (C=O) groups excluding carboxylic acids is 1. The Morgan fingerprint density at radius 2 is 1.92 bits per heavy atom. The topological polar surface area (TPSA) is 55.1 Å². The van der Waals surface area contributed by atoms with Gasteiger partial charge in [0.2, 0.25) is 5.91 Å². The number of amides is 1. The zero-order chi connectivity index (χ0) is 16.4. The fraction of sp³-hybridized carbons (Fsp3) is 0.316. The van der Waals surface area contributed by atoms with Crippen LogP contribution in [0.15, 0.2) is 54.6 Å². The van der Waals surface area contributed by atoms with Crippen molar-refractivity contribution >= 4 is 18.3 Å². The Bertz CT molecular complexity index is 695. The van der Waals surface area contributed by atoms with Crippen molar-refractivity contribution in [1.29, 1.82) is 0 Å². The van der Waals surface area contributed by atoms with Crippen LogP contribution < -0.4 is 11.1 Å².